The Kier molecular flexibility index (Phi) is 6.17. The van der Waals surface area contributed by atoms with E-state index < -0.39 is 0 Å². The van der Waals surface area contributed by atoms with Crippen LogP contribution in [-0.2, 0) is 0 Å². The predicted molar refractivity (Wildman–Crippen MR) is 146 cm³/mol. The largest absolute Gasteiger partial charge is 0.497 e. The highest BCUT2D eigenvalue weighted by molar-refractivity contribution is 7.80. The van der Waals surface area contributed by atoms with Gasteiger partial charge in [0.1, 0.15) is 11.8 Å². The molecule has 1 N–H and O–H groups in total. The molecule has 0 radical (unpaired) electrons. The standard InChI is InChI=1S/C28H29N5OS/c1-19-8-17-25(32(19)21-13-15-23(34-4)16-14-21)27-26(24-7-5-6-18-29-24)30-28(35)33(27)22-11-9-20(10-12-22)31(2)3/h5-18,26-27H,1-4H3,(H,30,35)/t26-,27+/m1/s1. The Labute approximate surface area is 211 Å². The molecule has 1 fully saturated rings. The van der Waals surface area contributed by atoms with Crippen molar-refractivity contribution in [2.45, 2.75) is 19.0 Å². The quantitative estimate of drug-likeness (QED) is 0.369. The number of anilines is 2. The zero-order chi connectivity index (χ0) is 24.5. The molecule has 2 atom stereocenters. The van der Waals surface area contributed by atoms with Gasteiger partial charge in [0.15, 0.2) is 5.11 Å². The summed E-state index contributed by atoms with van der Waals surface area (Å²) in [6.07, 6.45) is 1.83. The molecule has 4 aromatic rings. The van der Waals surface area contributed by atoms with Crippen LogP contribution in [0.3, 0.4) is 0 Å². The summed E-state index contributed by atoms with van der Waals surface area (Å²) in [6.45, 7) is 2.13. The van der Waals surface area contributed by atoms with Gasteiger partial charge in [0.25, 0.3) is 0 Å². The van der Waals surface area contributed by atoms with E-state index in [4.69, 9.17) is 17.0 Å². The average molecular weight is 484 g/mol. The summed E-state index contributed by atoms with van der Waals surface area (Å²) in [5, 5.41) is 4.25. The number of aryl methyl sites for hydroxylation is 1. The van der Waals surface area contributed by atoms with E-state index in [-0.39, 0.29) is 12.1 Å². The maximum absolute atomic E-state index is 5.91. The molecule has 178 valence electrons. The van der Waals surface area contributed by atoms with Crippen molar-refractivity contribution in [1.82, 2.24) is 14.9 Å². The summed E-state index contributed by atoms with van der Waals surface area (Å²) in [7, 11) is 5.77. The van der Waals surface area contributed by atoms with Crippen LogP contribution in [0.5, 0.6) is 5.75 Å². The fraction of sp³-hybridized carbons (Fsp3) is 0.214. The number of ether oxygens (including phenoxy) is 1. The van der Waals surface area contributed by atoms with Crippen molar-refractivity contribution in [3.8, 4) is 11.4 Å². The summed E-state index contributed by atoms with van der Waals surface area (Å²) < 4.78 is 7.67. The Morgan fingerprint density at radius 1 is 0.914 bits per heavy atom. The van der Waals surface area contributed by atoms with Gasteiger partial charge in [-0.1, -0.05) is 6.07 Å². The minimum absolute atomic E-state index is 0.0987. The first-order valence-electron chi connectivity index (χ1n) is 11.6. The second-order valence-electron chi connectivity index (χ2n) is 8.84. The smallest absolute Gasteiger partial charge is 0.174 e. The third-order valence-electron chi connectivity index (χ3n) is 6.48. The van der Waals surface area contributed by atoms with Gasteiger partial charge in [-0.05, 0) is 91.9 Å². The lowest BCUT2D eigenvalue weighted by Crippen LogP contribution is -2.30. The van der Waals surface area contributed by atoms with Crippen molar-refractivity contribution in [1.29, 1.82) is 0 Å². The molecule has 0 saturated carbocycles. The Morgan fingerprint density at radius 2 is 1.63 bits per heavy atom. The number of rotatable bonds is 6. The third-order valence-corrected chi connectivity index (χ3v) is 6.80. The van der Waals surface area contributed by atoms with E-state index in [1.54, 1.807) is 7.11 Å². The summed E-state index contributed by atoms with van der Waals surface area (Å²) in [5.41, 5.74) is 6.48. The molecule has 0 spiro atoms. The van der Waals surface area contributed by atoms with Gasteiger partial charge in [-0.25, -0.2) is 0 Å². The first kappa shape index (κ1) is 22.9. The number of hydrogen-bond acceptors (Lipinski definition) is 4. The highest BCUT2D eigenvalue weighted by Crippen LogP contribution is 2.43. The van der Waals surface area contributed by atoms with Gasteiger partial charge in [0.2, 0.25) is 0 Å². The number of methoxy groups -OCH3 is 1. The van der Waals surface area contributed by atoms with Gasteiger partial charge in [0, 0.05) is 48.7 Å². The first-order chi connectivity index (χ1) is 17.0. The van der Waals surface area contributed by atoms with E-state index in [1.165, 1.54) is 0 Å². The second kappa shape index (κ2) is 9.43. The highest BCUT2D eigenvalue weighted by Gasteiger charge is 2.42. The van der Waals surface area contributed by atoms with Gasteiger partial charge in [-0.3, -0.25) is 4.98 Å². The molecule has 7 heteroatoms. The molecule has 1 aliphatic heterocycles. The molecule has 6 nitrogen and oxygen atoms in total. The molecule has 3 heterocycles. The SMILES string of the molecule is COc1ccc(-n2c(C)ccc2[C@H]2[C@@H](c3ccccn3)NC(=S)N2c2ccc(N(C)C)cc2)cc1. The number of nitrogens with zero attached hydrogens (tertiary/aromatic N) is 4. The molecule has 2 aromatic carbocycles. The van der Waals surface area contributed by atoms with Crippen molar-refractivity contribution < 1.29 is 4.74 Å². The lowest BCUT2D eigenvalue weighted by molar-refractivity contribution is 0.414. The molecule has 35 heavy (non-hydrogen) atoms. The summed E-state index contributed by atoms with van der Waals surface area (Å²) in [4.78, 5) is 8.99. The van der Waals surface area contributed by atoms with Crippen molar-refractivity contribution in [2.75, 3.05) is 31.0 Å². The Hall–Kier alpha value is -3.84. The number of hydrogen-bond donors (Lipinski definition) is 1. The van der Waals surface area contributed by atoms with Crippen molar-refractivity contribution in [3.05, 3.63) is 102 Å². The van der Waals surface area contributed by atoms with Gasteiger partial charge in [-0.2, -0.15) is 0 Å². The van der Waals surface area contributed by atoms with Gasteiger partial charge in [0.05, 0.1) is 18.8 Å². The van der Waals surface area contributed by atoms with Crippen molar-refractivity contribution in [3.63, 3.8) is 0 Å². The summed E-state index contributed by atoms with van der Waals surface area (Å²) in [6, 6.07) is 26.8. The van der Waals surface area contributed by atoms with Crippen molar-refractivity contribution in [2.24, 2.45) is 0 Å². The fourth-order valence-electron chi connectivity index (χ4n) is 4.72. The minimum atomic E-state index is -0.108. The monoisotopic (exact) mass is 483 g/mol. The van der Waals surface area contributed by atoms with Gasteiger partial charge >= 0.3 is 0 Å². The predicted octanol–water partition coefficient (Wildman–Crippen LogP) is 5.43. The number of aromatic nitrogens is 2. The number of pyridine rings is 1. The summed E-state index contributed by atoms with van der Waals surface area (Å²) in [5.74, 6) is 0.831. The molecule has 1 saturated heterocycles. The van der Waals surface area contributed by atoms with Crippen LogP contribution in [0.4, 0.5) is 11.4 Å². The molecule has 0 unspecified atom stereocenters. The van der Waals surface area contributed by atoms with Crippen LogP contribution in [0.2, 0.25) is 0 Å². The molecular formula is C28H29N5OS. The Balaban J connectivity index is 1.65. The van der Waals surface area contributed by atoms with E-state index in [0.717, 1.165) is 39.9 Å². The van der Waals surface area contributed by atoms with Crippen molar-refractivity contribution >= 4 is 28.7 Å². The number of nitrogens with one attached hydrogen (secondary N) is 1. The third kappa shape index (κ3) is 4.23. The van der Waals surface area contributed by atoms with E-state index in [0.29, 0.717) is 5.11 Å². The lowest BCUT2D eigenvalue weighted by Gasteiger charge is -2.29. The van der Waals surface area contributed by atoms with Crippen LogP contribution in [0.1, 0.15) is 29.2 Å². The average Bonchev–Trinajstić information content (AvgIpc) is 3.43. The Bertz CT molecular complexity index is 1320. The molecule has 2 aromatic heterocycles. The number of benzene rings is 2. The fourth-order valence-corrected chi connectivity index (χ4v) is 5.06. The molecule has 0 bridgehead atoms. The normalized spacial score (nSPS) is 17.4. The minimum Gasteiger partial charge on any atom is -0.497 e. The molecule has 1 aliphatic rings. The van der Waals surface area contributed by atoms with E-state index >= 15 is 0 Å². The molecule has 0 aliphatic carbocycles. The highest BCUT2D eigenvalue weighted by atomic mass is 32.1. The Morgan fingerprint density at radius 3 is 2.26 bits per heavy atom. The first-order valence-corrected chi connectivity index (χ1v) is 12.0. The van der Waals surface area contributed by atoms with Crippen LogP contribution in [0.15, 0.2) is 85.1 Å². The molecule has 5 rings (SSSR count). The number of thiocarbonyl (C=S) groups is 1. The van der Waals surface area contributed by atoms with Crippen LogP contribution >= 0.6 is 12.2 Å². The molecular weight excluding hydrogens is 454 g/mol. The van der Waals surface area contributed by atoms with Gasteiger partial charge in [-0.15, -0.1) is 0 Å². The van der Waals surface area contributed by atoms with Crippen LogP contribution in [0, 0.1) is 6.92 Å². The topological polar surface area (TPSA) is 45.6 Å². The lowest BCUT2D eigenvalue weighted by atomic mass is 10.0. The van der Waals surface area contributed by atoms with E-state index in [2.05, 4.69) is 86.2 Å². The summed E-state index contributed by atoms with van der Waals surface area (Å²) >= 11 is 5.91. The molecule has 0 amide bonds. The van der Waals surface area contributed by atoms with Crippen LogP contribution in [-0.4, -0.2) is 35.9 Å². The zero-order valence-electron chi connectivity index (χ0n) is 20.3. The van der Waals surface area contributed by atoms with E-state index in [1.807, 2.05) is 44.6 Å². The maximum atomic E-state index is 5.91. The second-order valence-corrected chi connectivity index (χ2v) is 9.23. The van der Waals surface area contributed by atoms with Crippen LogP contribution in [0.25, 0.3) is 5.69 Å². The van der Waals surface area contributed by atoms with Gasteiger partial charge < -0.3 is 24.4 Å². The van der Waals surface area contributed by atoms with Crippen LogP contribution < -0.4 is 19.9 Å². The van der Waals surface area contributed by atoms with E-state index in [9.17, 15) is 0 Å². The zero-order valence-corrected chi connectivity index (χ0v) is 21.2. The maximum Gasteiger partial charge on any atom is 0.174 e.